The van der Waals surface area contributed by atoms with Crippen molar-refractivity contribution in [1.82, 2.24) is 15.4 Å². The van der Waals surface area contributed by atoms with Crippen molar-refractivity contribution in [3.8, 4) is 11.5 Å². The maximum absolute atomic E-state index is 12.1. The predicted molar refractivity (Wildman–Crippen MR) is 94.0 cm³/mol. The van der Waals surface area contributed by atoms with Crippen LogP contribution in [0.3, 0.4) is 0 Å². The molecule has 1 saturated heterocycles. The zero-order chi connectivity index (χ0) is 18.6. The Morgan fingerprint density at radius 2 is 1.62 bits per heavy atom. The van der Waals surface area contributed by atoms with E-state index in [0.29, 0.717) is 11.5 Å². The molecule has 1 aliphatic rings. The van der Waals surface area contributed by atoms with Gasteiger partial charge in [-0.25, -0.2) is 17.9 Å². The average molecular weight is 375 g/mol. The van der Waals surface area contributed by atoms with Gasteiger partial charge in [0.1, 0.15) is 17.5 Å². The number of hydrogen-bond donors (Lipinski definition) is 3. The molecule has 0 unspecified atom stereocenters. The highest BCUT2D eigenvalue weighted by atomic mass is 32.2. The van der Waals surface area contributed by atoms with Crippen LogP contribution in [0.2, 0.25) is 0 Å². The van der Waals surface area contributed by atoms with Crippen LogP contribution in [0.5, 0.6) is 11.5 Å². The lowest BCUT2D eigenvalue weighted by molar-refractivity contribution is -0.119. The summed E-state index contributed by atoms with van der Waals surface area (Å²) in [7, 11) is -3.74. The largest absolute Gasteiger partial charge is 0.457 e. The van der Waals surface area contributed by atoms with Gasteiger partial charge in [0.05, 0.1) is 5.75 Å². The molecule has 9 heteroatoms. The smallest absolute Gasteiger partial charge is 0.322 e. The van der Waals surface area contributed by atoms with Crippen molar-refractivity contribution in [3.63, 3.8) is 0 Å². The zero-order valence-corrected chi connectivity index (χ0v) is 14.5. The maximum atomic E-state index is 12.1. The molecule has 0 aliphatic carbocycles. The molecular weight excluding hydrogens is 358 g/mol. The predicted octanol–water partition coefficient (Wildman–Crippen LogP) is 1.11. The standard InChI is InChI=1S/C17H17N3O5S/c21-16-15(19-17(22)20-16)11-26(23,24)18-10-12-6-8-14(9-7-12)25-13-4-2-1-3-5-13/h1-9,15,18H,10-11H2,(H2,19,20,21,22)/t15-/m1/s1. The van der Waals surface area contributed by atoms with Crippen LogP contribution in [0.25, 0.3) is 0 Å². The molecule has 3 amide bonds. The molecule has 1 heterocycles. The number of nitrogens with one attached hydrogen (secondary N) is 3. The van der Waals surface area contributed by atoms with E-state index in [1.807, 2.05) is 35.6 Å². The number of imide groups is 1. The van der Waals surface area contributed by atoms with Gasteiger partial charge in [0, 0.05) is 6.54 Å². The monoisotopic (exact) mass is 375 g/mol. The minimum atomic E-state index is -3.74. The van der Waals surface area contributed by atoms with Crippen LogP contribution in [0.15, 0.2) is 54.6 Å². The summed E-state index contributed by atoms with van der Waals surface area (Å²) >= 11 is 0. The number of hydrogen-bond acceptors (Lipinski definition) is 5. The fourth-order valence-electron chi connectivity index (χ4n) is 2.35. The second-order valence-electron chi connectivity index (χ2n) is 5.68. The Kier molecular flexibility index (Phi) is 5.19. The van der Waals surface area contributed by atoms with E-state index in [9.17, 15) is 18.0 Å². The van der Waals surface area contributed by atoms with Crippen LogP contribution in [-0.2, 0) is 21.4 Å². The summed E-state index contributed by atoms with van der Waals surface area (Å²) in [6.45, 7) is 0.0657. The lowest BCUT2D eigenvalue weighted by atomic mass is 10.2. The normalized spacial score (nSPS) is 16.8. The molecule has 0 spiro atoms. The third-order valence-electron chi connectivity index (χ3n) is 3.64. The summed E-state index contributed by atoms with van der Waals surface area (Å²) in [5.74, 6) is 0.175. The minimum Gasteiger partial charge on any atom is -0.457 e. The Morgan fingerprint density at radius 1 is 0.962 bits per heavy atom. The second kappa shape index (κ2) is 7.54. The highest BCUT2D eigenvalue weighted by Crippen LogP contribution is 2.21. The van der Waals surface area contributed by atoms with Crippen molar-refractivity contribution < 1.29 is 22.7 Å². The number of sulfonamides is 1. The van der Waals surface area contributed by atoms with Crippen LogP contribution in [-0.4, -0.2) is 32.2 Å². The van der Waals surface area contributed by atoms with Crippen molar-refractivity contribution in [3.05, 3.63) is 60.2 Å². The van der Waals surface area contributed by atoms with Gasteiger partial charge in [-0.1, -0.05) is 30.3 Å². The highest BCUT2D eigenvalue weighted by Gasteiger charge is 2.33. The Balaban J connectivity index is 1.54. The summed E-state index contributed by atoms with van der Waals surface area (Å²) in [6, 6.07) is 14.5. The van der Waals surface area contributed by atoms with Crippen molar-refractivity contribution >= 4 is 22.0 Å². The molecule has 26 heavy (non-hydrogen) atoms. The van der Waals surface area contributed by atoms with Gasteiger partial charge in [0.2, 0.25) is 10.0 Å². The van der Waals surface area contributed by atoms with E-state index >= 15 is 0 Å². The highest BCUT2D eigenvalue weighted by molar-refractivity contribution is 7.89. The summed E-state index contributed by atoms with van der Waals surface area (Å²) in [5.41, 5.74) is 0.730. The molecule has 3 rings (SSSR count). The summed E-state index contributed by atoms with van der Waals surface area (Å²) in [5, 5.41) is 4.25. The van der Waals surface area contributed by atoms with E-state index < -0.39 is 33.8 Å². The third kappa shape index (κ3) is 4.80. The molecule has 1 aliphatic heterocycles. The van der Waals surface area contributed by atoms with Crippen LogP contribution in [0, 0.1) is 0 Å². The molecule has 136 valence electrons. The van der Waals surface area contributed by atoms with Gasteiger partial charge in [-0.05, 0) is 29.8 Å². The van der Waals surface area contributed by atoms with Crippen LogP contribution in [0.1, 0.15) is 5.56 Å². The zero-order valence-electron chi connectivity index (χ0n) is 13.6. The van der Waals surface area contributed by atoms with Crippen LogP contribution >= 0.6 is 0 Å². The topological polar surface area (TPSA) is 114 Å². The van der Waals surface area contributed by atoms with Gasteiger partial charge in [-0.2, -0.15) is 0 Å². The number of rotatable bonds is 7. The molecule has 8 nitrogen and oxygen atoms in total. The Hall–Kier alpha value is -2.91. The Morgan fingerprint density at radius 3 is 2.23 bits per heavy atom. The Labute approximate surface area is 150 Å². The van der Waals surface area contributed by atoms with Gasteiger partial charge in [0.25, 0.3) is 5.91 Å². The molecule has 1 atom stereocenters. The lowest BCUT2D eigenvalue weighted by Gasteiger charge is -2.10. The molecule has 1 fully saturated rings. The van der Waals surface area contributed by atoms with Crippen molar-refractivity contribution in [1.29, 1.82) is 0 Å². The van der Waals surface area contributed by atoms with Crippen LogP contribution in [0.4, 0.5) is 4.79 Å². The molecular formula is C17H17N3O5S. The molecule has 0 aromatic heterocycles. The van der Waals surface area contributed by atoms with Gasteiger partial charge in [-0.3, -0.25) is 10.1 Å². The summed E-state index contributed by atoms with van der Waals surface area (Å²) < 4.78 is 32.2. The fraction of sp³-hybridized carbons (Fsp3) is 0.176. The summed E-state index contributed by atoms with van der Waals surface area (Å²) in [4.78, 5) is 22.4. The second-order valence-corrected chi connectivity index (χ2v) is 7.53. The first kappa shape index (κ1) is 17.9. The van der Waals surface area contributed by atoms with Crippen molar-refractivity contribution in [2.75, 3.05) is 5.75 Å². The molecule has 0 radical (unpaired) electrons. The van der Waals surface area contributed by atoms with E-state index in [4.69, 9.17) is 4.74 Å². The molecule has 0 bridgehead atoms. The van der Waals surface area contributed by atoms with Crippen molar-refractivity contribution in [2.45, 2.75) is 12.6 Å². The summed E-state index contributed by atoms with van der Waals surface area (Å²) in [6.07, 6.45) is 0. The number of urea groups is 1. The number of carbonyl (C=O) groups excluding carboxylic acids is 2. The Bertz CT molecular complexity index is 898. The van der Waals surface area contributed by atoms with Gasteiger partial charge < -0.3 is 10.1 Å². The number of carbonyl (C=O) groups is 2. The van der Waals surface area contributed by atoms with E-state index in [0.717, 1.165) is 5.56 Å². The number of ether oxygens (including phenoxy) is 1. The van der Waals surface area contributed by atoms with Gasteiger partial charge in [0.15, 0.2) is 0 Å². The van der Waals surface area contributed by atoms with E-state index in [2.05, 4.69) is 10.0 Å². The van der Waals surface area contributed by atoms with E-state index in [1.165, 1.54) is 0 Å². The first-order valence-corrected chi connectivity index (χ1v) is 9.47. The SMILES string of the molecule is O=C1NC(=O)[C@@H](CS(=O)(=O)NCc2ccc(Oc3ccccc3)cc2)N1. The number of para-hydroxylation sites is 1. The van der Waals surface area contributed by atoms with E-state index in [1.54, 1.807) is 24.3 Å². The van der Waals surface area contributed by atoms with Crippen LogP contribution < -0.4 is 20.1 Å². The number of amides is 3. The third-order valence-corrected chi connectivity index (χ3v) is 5.00. The minimum absolute atomic E-state index is 0.0657. The lowest BCUT2D eigenvalue weighted by Crippen LogP contribution is -2.40. The molecule has 2 aromatic rings. The number of benzene rings is 2. The average Bonchev–Trinajstić information content (AvgIpc) is 2.92. The first-order valence-electron chi connectivity index (χ1n) is 7.82. The fourth-order valence-corrected chi connectivity index (χ4v) is 3.53. The van der Waals surface area contributed by atoms with Gasteiger partial charge >= 0.3 is 6.03 Å². The first-order chi connectivity index (χ1) is 12.4. The molecule has 0 saturated carbocycles. The van der Waals surface area contributed by atoms with E-state index in [-0.39, 0.29) is 6.54 Å². The maximum Gasteiger partial charge on any atom is 0.322 e. The van der Waals surface area contributed by atoms with Gasteiger partial charge in [-0.15, -0.1) is 0 Å². The molecule has 2 aromatic carbocycles. The van der Waals surface area contributed by atoms with Crippen molar-refractivity contribution in [2.24, 2.45) is 0 Å². The molecule has 3 N–H and O–H groups in total. The quantitative estimate of drug-likeness (QED) is 0.627.